The van der Waals surface area contributed by atoms with Gasteiger partial charge in [0.1, 0.15) is 0 Å². The van der Waals surface area contributed by atoms with Crippen LogP contribution in [0.1, 0.15) is 15.9 Å². The molecule has 0 fully saturated rings. The maximum atomic E-state index is 12.8. The third-order valence-corrected chi connectivity index (χ3v) is 6.92. The molecule has 0 aliphatic carbocycles. The molecule has 2 aromatic rings. The standard InChI is InChI=1S/C16H13BrCl3NO3S/c1-10-2-8-13(9-3-10)25(23,24)15(16(18,19)20)21-14(22)11-4-6-12(17)7-5-11/h2-9,15H,1H3,(H,21,22). The third-order valence-electron chi connectivity index (χ3n) is 3.33. The molecule has 0 aromatic heterocycles. The summed E-state index contributed by atoms with van der Waals surface area (Å²) in [5.41, 5.74) is 1.12. The SMILES string of the molecule is Cc1ccc(S(=O)(=O)C(NC(=O)c2ccc(Br)cc2)C(Cl)(Cl)Cl)cc1. The number of sulfone groups is 1. The summed E-state index contributed by atoms with van der Waals surface area (Å²) in [6.45, 7) is 1.82. The second-order valence-corrected chi connectivity index (χ2v) is 10.6. The maximum Gasteiger partial charge on any atom is 0.252 e. The predicted octanol–water partition coefficient (Wildman–Crippen LogP) is 4.66. The Morgan fingerprint density at radius 2 is 1.56 bits per heavy atom. The van der Waals surface area contributed by atoms with Crippen LogP contribution < -0.4 is 5.32 Å². The lowest BCUT2D eigenvalue weighted by Gasteiger charge is -2.25. The summed E-state index contributed by atoms with van der Waals surface area (Å²) in [5, 5.41) is 0.562. The van der Waals surface area contributed by atoms with E-state index in [9.17, 15) is 13.2 Å². The Hall–Kier alpha value is -0.790. The van der Waals surface area contributed by atoms with Crippen LogP contribution in [0.25, 0.3) is 0 Å². The fraction of sp³-hybridized carbons (Fsp3) is 0.188. The number of hydrogen-bond donors (Lipinski definition) is 1. The van der Waals surface area contributed by atoms with Crippen molar-refractivity contribution in [2.24, 2.45) is 0 Å². The van der Waals surface area contributed by atoms with Gasteiger partial charge in [0.25, 0.3) is 5.91 Å². The van der Waals surface area contributed by atoms with E-state index in [4.69, 9.17) is 34.8 Å². The molecular weight excluding hydrogens is 473 g/mol. The van der Waals surface area contributed by atoms with Crippen LogP contribution in [0.4, 0.5) is 0 Å². The Bertz CT molecular complexity index is 863. The summed E-state index contributed by atoms with van der Waals surface area (Å²) in [6, 6.07) is 12.4. The number of carbonyl (C=O) groups is 1. The molecule has 1 atom stereocenters. The number of alkyl halides is 3. The lowest BCUT2D eigenvalue weighted by Crippen LogP contribution is -2.49. The molecule has 1 unspecified atom stereocenters. The second kappa shape index (κ2) is 7.84. The van der Waals surface area contributed by atoms with E-state index in [-0.39, 0.29) is 10.5 Å². The van der Waals surface area contributed by atoms with Crippen molar-refractivity contribution in [3.05, 3.63) is 64.1 Å². The summed E-state index contributed by atoms with van der Waals surface area (Å²) in [6.07, 6.45) is 0. The smallest absolute Gasteiger partial charge is 0.252 e. The molecular formula is C16H13BrCl3NO3S. The normalized spacial score (nSPS) is 13.3. The largest absolute Gasteiger partial charge is 0.332 e. The lowest BCUT2D eigenvalue weighted by atomic mass is 10.2. The van der Waals surface area contributed by atoms with E-state index in [1.54, 1.807) is 24.3 Å². The van der Waals surface area contributed by atoms with E-state index in [0.717, 1.165) is 10.0 Å². The Morgan fingerprint density at radius 3 is 2.04 bits per heavy atom. The molecule has 2 aromatic carbocycles. The van der Waals surface area contributed by atoms with Crippen LogP contribution in [0.15, 0.2) is 57.9 Å². The minimum absolute atomic E-state index is 0.0504. The van der Waals surface area contributed by atoms with Crippen LogP contribution in [0.2, 0.25) is 0 Å². The van der Waals surface area contributed by atoms with Crippen molar-refractivity contribution >= 4 is 66.5 Å². The third kappa shape index (κ3) is 5.11. The van der Waals surface area contributed by atoms with Crippen LogP contribution in [-0.2, 0) is 9.84 Å². The highest BCUT2D eigenvalue weighted by Gasteiger charge is 2.44. The van der Waals surface area contributed by atoms with Crippen LogP contribution in [-0.4, -0.2) is 23.5 Å². The van der Waals surface area contributed by atoms with E-state index in [1.807, 2.05) is 6.92 Å². The quantitative estimate of drug-likeness (QED) is 0.641. The van der Waals surface area contributed by atoms with Gasteiger partial charge in [-0.05, 0) is 43.3 Å². The van der Waals surface area contributed by atoms with Gasteiger partial charge in [-0.1, -0.05) is 68.4 Å². The van der Waals surface area contributed by atoms with Crippen molar-refractivity contribution in [3.63, 3.8) is 0 Å². The van der Waals surface area contributed by atoms with Gasteiger partial charge in [0, 0.05) is 10.0 Å². The monoisotopic (exact) mass is 483 g/mol. The Balaban J connectivity index is 2.38. The molecule has 0 aliphatic heterocycles. The van der Waals surface area contributed by atoms with Crippen molar-refractivity contribution in [1.82, 2.24) is 5.32 Å². The van der Waals surface area contributed by atoms with E-state index in [1.165, 1.54) is 24.3 Å². The van der Waals surface area contributed by atoms with Gasteiger partial charge in [-0.3, -0.25) is 4.79 Å². The highest BCUT2D eigenvalue weighted by Crippen LogP contribution is 2.36. The fourth-order valence-corrected chi connectivity index (χ4v) is 4.89. The van der Waals surface area contributed by atoms with E-state index < -0.39 is 24.9 Å². The van der Waals surface area contributed by atoms with Crippen molar-refractivity contribution in [2.75, 3.05) is 0 Å². The van der Waals surface area contributed by atoms with Gasteiger partial charge in [0.2, 0.25) is 13.6 Å². The first-order valence-corrected chi connectivity index (χ1v) is 10.4. The number of rotatable bonds is 4. The zero-order valence-electron chi connectivity index (χ0n) is 12.8. The fourth-order valence-electron chi connectivity index (χ4n) is 2.00. The van der Waals surface area contributed by atoms with Crippen molar-refractivity contribution < 1.29 is 13.2 Å². The number of carbonyl (C=O) groups excluding carboxylic acids is 1. The average molecular weight is 486 g/mol. The summed E-state index contributed by atoms with van der Waals surface area (Å²) < 4.78 is 24.2. The molecule has 4 nitrogen and oxygen atoms in total. The first-order chi connectivity index (χ1) is 11.5. The molecule has 0 aliphatic rings. The molecule has 25 heavy (non-hydrogen) atoms. The summed E-state index contributed by atoms with van der Waals surface area (Å²) in [7, 11) is -4.12. The van der Waals surface area contributed by atoms with Gasteiger partial charge in [-0.25, -0.2) is 8.42 Å². The number of amides is 1. The van der Waals surface area contributed by atoms with Crippen LogP contribution in [0, 0.1) is 6.92 Å². The maximum absolute atomic E-state index is 12.8. The highest BCUT2D eigenvalue weighted by molar-refractivity contribution is 9.10. The molecule has 0 bridgehead atoms. The van der Waals surface area contributed by atoms with Gasteiger partial charge < -0.3 is 5.32 Å². The van der Waals surface area contributed by atoms with Gasteiger partial charge in [-0.2, -0.15) is 0 Å². The minimum Gasteiger partial charge on any atom is -0.332 e. The molecule has 0 saturated carbocycles. The zero-order chi connectivity index (χ0) is 18.8. The topological polar surface area (TPSA) is 63.2 Å². The number of hydrogen-bond acceptors (Lipinski definition) is 3. The Kier molecular flexibility index (Phi) is 6.44. The van der Waals surface area contributed by atoms with E-state index >= 15 is 0 Å². The molecule has 0 saturated heterocycles. The van der Waals surface area contributed by atoms with E-state index in [2.05, 4.69) is 21.2 Å². The average Bonchev–Trinajstić information content (AvgIpc) is 2.52. The second-order valence-electron chi connectivity index (χ2n) is 5.26. The summed E-state index contributed by atoms with van der Waals surface area (Å²) in [5.74, 6) is -0.667. The predicted molar refractivity (Wildman–Crippen MR) is 104 cm³/mol. The molecule has 1 amide bonds. The Labute approximate surface area is 169 Å². The van der Waals surface area contributed by atoms with Crippen LogP contribution in [0.5, 0.6) is 0 Å². The molecule has 134 valence electrons. The Morgan fingerprint density at radius 1 is 1.04 bits per heavy atom. The number of nitrogens with one attached hydrogen (secondary N) is 1. The van der Waals surface area contributed by atoms with Crippen molar-refractivity contribution in [2.45, 2.75) is 21.0 Å². The minimum atomic E-state index is -4.12. The molecule has 9 heteroatoms. The van der Waals surface area contributed by atoms with Gasteiger partial charge in [-0.15, -0.1) is 0 Å². The van der Waals surface area contributed by atoms with Crippen LogP contribution >= 0.6 is 50.7 Å². The zero-order valence-corrected chi connectivity index (χ0v) is 17.5. The van der Waals surface area contributed by atoms with E-state index in [0.29, 0.717) is 0 Å². The number of benzene rings is 2. The summed E-state index contributed by atoms with van der Waals surface area (Å²) >= 11 is 20.8. The first kappa shape index (κ1) is 20.5. The molecule has 1 N–H and O–H groups in total. The van der Waals surface area contributed by atoms with Gasteiger partial charge in [0.15, 0.2) is 5.37 Å². The van der Waals surface area contributed by atoms with Crippen molar-refractivity contribution in [1.29, 1.82) is 0 Å². The van der Waals surface area contributed by atoms with Gasteiger partial charge >= 0.3 is 0 Å². The summed E-state index contributed by atoms with van der Waals surface area (Å²) in [4.78, 5) is 12.3. The molecule has 0 heterocycles. The number of halogens is 4. The number of aryl methyl sites for hydroxylation is 1. The lowest BCUT2D eigenvalue weighted by molar-refractivity contribution is 0.0948. The van der Waals surface area contributed by atoms with Gasteiger partial charge in [0.05, 0.1) is 4.90 Å². The molecule has 0 spiro atoms. The highest BCUT2D eigenvalue weighted by atomic mass is 79.9. The van der Waals surface area contributed by atoms with Crippen LogP contribution in [0.3, 0.4) is 0 Å². The first-order valence-electron chi connectivity index (χ1n) is 6.95. The molecule has 2 rings (SSSR count). The van der Waals surface area contributed by atoms with Crippen molar-refractivity contribution in [3.8, 4) is 0 Å². The molecule has 0 radical (unpaired) electrons.